The van der Waals surface area contributed by atoms with Gasteiger partial charge < -0.3 is 10.8 Å². The highest BCUT2D eigenvalue weighted by atomic mass is 79.9. The summed E-state index contributed by atoms with van der Waals surface area (Å²) in [6.07, 6.45) is 0. The summed E-state index contributed by atoms with van der Waals surface area (Å²) in [5.74, 6) is -1.02. The molecule has 0 saturated carbocycles. The van der Waals surface area contributed by atoms with Crippen molar-refractivity contribution < 1.29 is 9.90 Å². The maximum absolute atomic E-state index is 10.7. The summed E-state index contributed by atoms with van der Waals surface area (Å²) in [5, 5.41) is 8.81. The molecule has 0 aliphatic carbocycles. The van der Waals surface area contributed by atoms with E-state index in [1.807, 2.05) is 26.0 Å². The van der Waals surface area contributed by atoms with E-state index in [-0.39, 0.29) is 0 Å². The normalized spacial score (nSPS) is 12.6. The van der Waals surface area contributed by atoms with Crippen molar-refractivity contribution >= 4 is 21.9 Å². The fourth-order valence-corrected chi connectivity index (χ4v) is 2.36. The number of rotatable bonds is 2. The lowest BCUT2D eigenvalue weighted by molar-refractivity contribution is -0.138. The summed E-state index contributed by atoms with van der Waals surface area (Å²) in [6.45, 7) is 3.81. The van der Waals surface area contributed by atoms with Crippen LogP contribution in [0.5, 0.6) is 0 Å². The van der Waals surface area contributed by atoms with Crippen molar-refractivity contribution in [2.75, 3.05) is 0 Å². The lowest BCUT2D eigenvalue weighted by atomic mass is 10.00. The first-order valence-electron chi connectivity index (χ1n) is 4.18. The van der Waals surface area contributed by atoms with E-state index in [4.69, 9.17) is 10.8 Å². The highest BCUT2D eigenvalue weighted by Crippen LogP contribution is 2.27. The van der Waals surface area contributed by atoms with Gasteiger partial charge in [0.25, 0.3) is 0 Å². The van der Waals surface area contributed by atoms with Gasteiger partial charge in [0.1, 0.15) is 6.04 Å². The smallest absolute Gasteiger partial charge is 0.325 e. The van der Waals surface area contributed by atoms with E-state index < -0.39 is 12.0 Å². The number of hydrogen-bond donors (Lipinski definition) is 2. The fourth-order valence-electron chi connectivity index (χ4n) is 1.44. The van der Waals surface area contributed by atoms with Crippen molar-refractivity contribution in [2.24, 2.45) is 5.73 Å². The molecule has 4 heteroatoms. The molecule has 76 valence electrons. The van der Waals surface area contributed by atoms with Gasteiger partial charge >= 0.3 is 5.97 Å². The molecule has 0 saturated heterocycles. The molecule has 0 bridgehead atoms. The highest BCUT2D eigenvalue weighted by Gasteiger charge is 2.19. The molecule has 0 fully saturated rings. The first kappa shape index (κ1) is 11.2. The summed E-state index contributed by atoms with van der Waals surface area (Å²) < 4.78 is 0.755. The lowest BCUT2D eigenvalue weighted by Crippen LogP contribution is -2.22. The number of nitrogens with two attached hydrogens (primary N) is 1. The summed E-state index contributed by atoms with van der Waals surface area (Å²) in [5.41, 5.74) is 8.18. The molecule has 1 aromatic carbocycles. The zero-order chi connectivity index (χ0) is 10.9. The Balaban J connectivity index is 3.27. The number of benzene rings is 1. The van der Waals surface area contributed by atoms with Crippen LogP contribution in [0.25, 0.3) is 0 Å². The van der Waals surface area contributed by atoms with Crippen molar-refractivity contribution in [3.63, 3.8) is 0 Å². The summed E-state index contributed by atoms with van der Waals surface area (Å²) in [7, 11) is 0. The molecule has 1 aromatic rings. The van der Waals surface area contributed by atoms with Gasteiger partial charge in [-0.2, -0.15) is 0 Å². The quantitative estimate of drug-likeness (QED) is 0.854. The van der Waals surface area contributed by atoms with Crippen LogP contribution in [0.15, 0.2) is 16.6 Å². The second-order valence-electron chi connectivity index (χ2n) is 3.29. The van der Waals surface area contributed by atoms with E-state index in [2.05, 4.69) is 15.9 Å². The standard InChI is InChI=1S/C10H12BrNO2/c1-5-3-6(2)8(7(11)4-5)9(12)10(13)14/h3-4,9H,12H2,1-2H3,(H,13,14). The first-order chi connectivity index (χ1) is 6.43. The zero-order valence-electron chi connectivity index (χ0n) is 8.04. The molecule has 1 atom stereocenters. The molecule has 0 spiro atoms. The Kier molecular flexibility index (Phi) is 3.29. The van der Waals surface area contributed by atoms with Crippen LogP contribution in [0.2, 0.25) is 0 Å². The molecular weight excluding hydrogens is 246 g/mol. The maximum atomic E-state index is 10.7. The van der Waals surface area contributed by atoms with Gasteiger partial charge in [0.05, 0.1) is 0 Å². The minimum Gasteiger partial charge on any atom is -0.480 e. The van der Waals surface area contributed by atoms with E-state index >= 15 is 0 Å². The Labute approximate surface area is 91.1 Å². The molecule has 0 aliphatic heterocycles. The second-order valence-corrected chi connectivity index (χ2v) is 4.15. The van der Waals surface area contributed by atoms with Crippen molar-refractivity contribution in [2.45, 2.75) is 19.9 Å². The van der Waals surface area contributed by atoms with Gasteiger partial charge in [-0.3, -0.25) is 4.79 Å². The molecular formula is C10H12BrNO2. The van der Waals surface area contributed by atoms with Crippen LogP contribution >= 0.6 is 15.9 Å². The molecule has 0 heterocycles. The third-order valence-electron chi connectivity index (χ3n) is 2.06. The van der Waals surface area contributed by atoms with Gasteiger partial charge in [-0.1, -0.05) is 22.0 Å². The predicted octanol–water partition coefficient (Wildman–Crippen LogP) is 2.15. The van der Waals surface area contributed by atoms with E-state index in [9.17, 15) is 4.79 Å². The zero-order valence-corrected chi connectivity index (χ0v) is 9.63. The third kappa shape index (κ3) is 2.13. The molecule has 0 aliphatic rings. The summed E-state index contributed by atoms with van der Waals surface area (Å²) >= 11 is 3.32. The van der Waals surface area contributed by atoms with Gasteiger partial charge in [0, 0.05) is 4.47 Å². The number of aliphatic carboxylic acids is 1. The van der Waals surface area contributed by atoms with Crippen LogP contribution in [0.3, 0.4) is 0 Å². The van der Waals surface area contributed by atoms with Crippen molar-refractivity contribution in [3.8, 4) is 0 Å². The van der Waals surface area contributed by atoms with Crippen LogP contribution < -0.4 is 5.73 Å². The molecule has 3 N–H and O–H groups in total. The minimum atomic E-state index is -1.02. The summed E-state index contributed by atoms with van der Waals surface area (Å²) in [4.78, 5) is 10.7. The number of carboxylic acids is 1. The van der Waals surface area contributed by atoms with Crippen LogP contribution in [0.4, 0.5) is 0 Å². The SMILES string of the molecule is Cc1cc(C)c(C(N)C(=O)O)c(Br)c1. The monoisotopic (exact) mass is 257 g/mol. The number of halogens is 1. The van der Waals surface area contributed by atoms with Gasteiger partial charge in [-0.15, -0.1) is 0 Å². The van der Waals surface area contributed by atoms with Crippen LogP contribution in [0.1, 0.15) is 22.7 Å². The highest BCUT2D eigenvalue weighted by molar-refractivity contribution is 9.10. The van der Waals surface area contributed by atoms with Gasteiger partial charge in [0.2, 0.25) is 0 Å². The van der Waals surface area contributed by atoms with Gasteiger partial charge in [0.15, 0.2) is 0 Å². The topological polar surface area (TPSA) is 63.3 Å². The molecule has 1 unspecified atom stereocenters. The largest absolute Gasteiger partial charge is 0.480 e. The minimum absolute atomic E-state index is 0.642. The Morgan fingerprint density at radius 3 is 2.50 bits per heavy atom. The first-order valence-corrected chi connectivity index (χ1v) is 4.98. The summed E-state index contributed by atoms with van der Waals surface area (Å²) in [6, 6.07) is 2.82. The molecule has 0 amide bonds. The number of hydrogen-bond acceptors (Lipinski definition) is 2. The van der Waals surface area contributed by atoms with Crippen LogP contribution in [-0.4, -0.2) is 11.1 Å². The third-order valence-corrected chi connectivity index (χ3v) is 2.71. The Morgan fingerprint density at radius 2 is 2.07 bits per heavy atom. The van der Waals surface area contributed by atoms with E-state index in [1.54, 1.807) is 0 Å². The van der Waals surface area contributed by atoms with Gasteiger partial charge in [-0.25, -0.2) is 0 Å². The van der Waals surface area contributed by atoms with E-state index in [0.717, 1.165) is 15.6 Å². The van der Waals surface area contributed by atoms with E-state index in [0.29, 0.717) is 5.56 Å². The van der Waals surface area contributed by atoms with Crippen molar-refractivity contribution in [1.29, 1.82) is 0 Å². The number of aryl methyl sites for hydroxylation is 2. The molecule has 1 rings (SSSR count). The van der Waals surface area contributed by atoms with Crippen molar-refractivity contribution in [3.05, 3.63) is 33.3 Å². The maximum Gasteiger partial charge on any atom is 0.325 e. The van der Waals surface area contributed by atoms with Crippen LogP contribution in [0, 0.1) is 13.8 Å². The van der Waals surface area contributed by atoms with E-state index in [1.165, 1.54) is 0 Å². The molecule has 14 heavy (non-hydrogen) atoms. The predicted molar refractivity (Wildman–Crippen MR) is 58.2 cm³/mol. The average Bonchev–Trinajstić information content (AvgIpc) is 2.01. The lowest BCUT2D eigenvalue weighted by Gasteiger charge is -2.13. The van der Waals surface area contributed by atoms with Crippen molar-refractivity contribution in [1.82, 2.24) is 0 Å². The number of carboxylic acid groups (broad SMARTS) is 1. The van der Waals surface area contributed by atoms with Gasteiger partial charge in [-0.05, 0) is 36.6 Å². The number of carbonyl (C=O) groups is 1. The molecule has 0 aromatic heterocycles. The molecule has 0 radical (unpaired) electrons. The Hall–Kier alpha value is -0.870. The Morgan fingerprint density at radius 1 is 1.50 bits per heavy atom. The fraction of sp³-hybridized carbons (Fsp3) is 0.300. The average molecular weight is 258 g/mol. The second kappa shape index (κ2) is 4.11. The Bertz CT molecular complexity index is 353. The molecule has 3 nitrogen and oxygen atoms in total. The van der Waals surface area contributed by atoms with Crippen LogP contribution in [-0.2, 0) is 4.79 Å².